The van der Waals surface area contributed by atoms with Crippen LogP contribution >= 0.6 is 0 Å². The van der Waals surface area contributed by atoms with Crippen molar-refractivity contribution in [3.8, 4) is 0 Å². The fraction of sp³-hybridized carbons (Fsp3) is 0.538. The van der Waals surface area contributed by atoms with Crippen molar-refractivity contribution in [3.63, 3.8) is 0 Å². The highest BCUT2D eigenvalue weighted by Crippen LogP contribution is 2.23. The van der Waals surface area contributed by atoms with Crippen molar-refractivity contribution in [2.45, 2.75) is 39.3 Å². The fourth-order valence-corrected chi connectivity index (χ4v) is 2.19. The van der Waals surface area contributed by atoms with E-state index in [1.807, 2.05) is 0 Å². The molecule has 2 N–H and O–H groups in total. The summed E-state index contributed by atoms with van der Waals surface area (Å²) in [6, 6.07) is 7.80. The van der Waals surface area contributed by atoms with Gasteiger partial charge in [0.2, 0.25) is 0 Å². The maximum Gasteiger partial charge on any atom is 0.0376 e. The van der Waals surface area contributed by atoms with Gasteiger partial charge in [-0.2, -0.15) is 0 Å². The first kappa shape index (κ1) is 10.5. The highest BCUT2D eigenvalue weighted by atomic mass is 15.0. The molecule has 1 atom stereocenters. The van der Waals surface area contributed by atoms with Crippen molar-refractivity contribution in [1.82, 2.24) is 5.32 Å². The van der Waals surface area contributed by atoms with Crippen molar-refractivity contribution < 1.29 is 0 Å². The molecule has 1 unspecified atom stereocenters. The lowest BCUT2D eigenvalue weighted by molar-refractivity contribution is 0.467. The van der Waals surface area contributed by atoms with Crippen LogP contribution in [-0.4, -0.2) is 18.6 Å². The van der Waals surface area contributed by atoms with Gasteiger partial charge in [-0.1, -0.05) is 26.0 Å². The molecule has 1 aromatic rings. The van der Waals surface area contributed by atoms with Crippen LogP contribution in [0.15, 0.2) is 18.2 Å². The second-order valence-electron chi connectivity index (χ2n) is 4.76. The zero-order valence-corrected chi connectivity index (χ0v) is 9.80. The average Bonchev–Trinajstić information content (AvgIpc) is 2.17. The Bertz CT molecular complexity index is 344. The molecule has 1 aliphatic rings. The first-order chi connectivity index (χ1) is 7.15. The monoisotopic (exact) mass is 204 g/mol. The quantitative estimate of drug-likeness (QED) is 0.772. The van der Waals surface area contributed by atoms with Gasteiger partial charge in [0.15, 0.2) is 0 Å². The molecule has 0 saturated heterocycles. The summed E-state index contributed by atoms with van der Waals surface area (Å²) in [7, 11) is 0. The Morgan fingerprint density at radius 3 is 2.93 bits per heavy atom. The number of rotatable bonds is 2. The smallest absolute Gasteiger partial charge is 0.0376 e. The fourth-order valence-electron chi connectivity index (χ4n) is 2.19. The molecular weight excluding hydrogens is 184 g/mol. The largest absolute Gasteiger partial charge is 0.383 e. The number of hydrogen-bond donors (Lipinski definition) is 2. The SMILES string of the molecule is Cc1ccc2c(c1)NCC(NC(C)C)C2. The molecule has 0 bridgehead atoms. The molecule has 2 heteroatoms. The van der Waals surface area contributed by atoms with Crippen LogP contribution < -0.4 is 10.6 Å². The number of anilines is 1. The van der Waals surface area contributed by atoms with Gasteiger partial charge in [-0.15, -0.1) is 0 Å². The van der Waals surface area contributed by atoms with Crippen LogP contribution in [0.4, 0.5) is 5.69 Å². The average molecular weight is 204 g/mol. The summed E-state index contributed by atoms with van der Waals surface area (Å²) in [4.78, 5) is 0. The summed E-state index contributed by atoms with van der Waals surface area (Å²) < 4.78 is 0. The first-order valence-electron chi connectivity index (χ1n) is 5.74. The van der Waals surface area contributed by atoms with E-state index in [1.165, 1.54) is 16.8 Å². The van der Waals surface area contributed by atoms with Crippen LogP contribution in [-0.2, 0) is 6.42 Å². The zero-order valence-electron chi connectivity index (χ0n) is 9.80. The van der Waals surface area contributed by atoms with Crippen LogP contribution in [0.2, 0.25) is 0 Å². The highest BCUT2D eigenvalue weighted by Gasteiger charge is 2.17. The maximum absolute atomic E-state index is 3.57. The van der Waals surface area contributed by atoms with Gasteiger partial charge in [0, 0.05) is 24.3 Å². The molecular formula is C13H20N2. The van der Waals surface area contributed by atoms with Crippen molar-refractivity contribution in [2.75, 3.05) is 11.9 Å². The predicted octanol–water partition coefficient (Wildman–Crippen LogP) is 2.33. The third-order valence-electron chi connectivity index (χ3n) is 2.84. The molecule has 15 heavy (non-hydrogen) atoms. The van der Waals surface area contributed by atoms with Gasteiger partial charge >= 0.3 is 0 Å². The van der Waals surface area contributed by atoms with E-state index in [2.05, 4.69) is 49.6 Å². The van der Waals surface area contributed by atoms with E-state index in [0.717, 1.165) is 13.0 Å². The minimum absolute atomic E-state index is 0.559. The number of benzene rings is 1. The van der Waals surface area contributed by atoms with Gasteiger partial charge in [0.25, 0.3) is 0 Å². The van der Waals surface area contributed by atoms with Crippen LogP contribution in [0.5, 0.6) is 0 Å². The van der Waals surface area contributed by atoms with E-state index in [1.54, 1.807) is 0 Å². The van der Waals surface area contributed by atoms with E-state index in [-0.39, 0.29) is 0 Å². The molecule has 0 saturated carbocycles. The topological polar surface area (TPSA) is 24.1 Å². The molecule has 82 valence electrons. The highest BCUT2D eigenvalue weighted by molar-refractivity contribution is 5.55. The Hall–Kier alpha value is -1.02. The van der Waals surface area contributed by atoms with Gasteiger partial charge in [0.1, 0.15) is 0 Å². The van der Waals surface area contributed by atoms with E-state index < -0.39 is 0 Å². The van der Waals surface area contributed by atoms with Gasteiger partial charge in [-0.3, -0.25) is 0 Å². The van der Waals surface area contributed by atoms with Gasteiger partial charge in [0.05, 0.1) is 0 Å². The molecule has 2 rings (SSSR count). The van der Waals surface area contributed by atoms with Crippen molar-refractivity contribution in [1.29, 1.82) is 0 Å². The third kappa shape index (κ3) is 2.51. The summed E-state index contributed by atoms with van der Waals surface area (Å²) in [6.45, 7) is 7.57. The molecule has 1 heterocycles. The lowest BCUT2D eigenvalue weighted by Crippen LogP contribution is -2.43. The normalized spacial score (nSPS) is 19.9. The van der Waals surface area contributed by atoms with Crippen LogP contribution in [0, 0.1) is 6.92 Å². The molecule has 0 spiro atoms. The first-order valence-corrected chi connectivity index (χ1v) is 5.74. The number of fused-ring (bicyclic) bond motifs is 1. The summed E-state index contributed by atoms with van der Waals surface area (Å²) in [5.74, 6) is 0. The Labute approximate surface area is 92.1 Å². The van der Waals surface area contributed by atoms with E-state index in [0.29, 0.717) is 12.1 Å². The Morgan fingerprint density at radius 2 is 2.20 bits per heavy atom. The van der Waals surface area contributed by atoms with Crippen molar-refractivity contribution in [2.24, 2.45) is 0 Å². The van der Waals surface area contributed by atoms with Crippen LogP contribution in [0.25, 0.3) is 0 Å². The number of hydrogen-bond acceptors (Lipinski definition) is 2. The number of nitrogens with one attached hydrogen (secondary N) is 2. The van der Waals surface area contributed by atoms with Gasteiger partial charge in [-0.25, -0.2) is 0 Å². The summed E-state index contributed by atoms with van der Waals surface area (Å²) >= 11 is 0. The van der Waals surface area contributed by atoms with E-state index in [4.69, 9.17) is 0 Å². The van der Waals surface area contributed by atoms with E-state index >= 15 is 0 Å². The molecule has 0 aliphatic carbocycles. The van der Waals surface area contributed by atoms with Gasteiger partial charge in [-0.05, 0) is 30.5 Å². The second kappa shape index (κ2) is 4.23. The lowest BCUT2D eigenvalue weighted by atomic mass is 9.98. The molecule has 0 aromatic heterocycles. The molecule has 0 radical (unpaired) electrons. The molecule has 0 amide bonds. The Morgan fingerprint density at radius 1 is 1.40 bits per heavy atom. The summed E-state index contributed by atoms with van der Waals surface area (Å²) in [5, 5.41) is 7.07. The van der Waals surface area contributed by atoms with Crippen LogP contribution in [0.1, 0.15) is 25.0 Å². The lowest BCUT2D eigenvalue weighted by Gasteiger charge is -2.28. The molecule has 1 aliphatic heterocycles. The summed E-state index contributed by atoms with van der Waals surface area (Å²) in [5.41, 5.74) is 4.08. The minimum Gasteiger partial charge on any atom is -0.383 e. The summed E-state index contributed by atoms with van der Waals surface area (Å²) in [6.07, 6.45) is 1.14. The predicted molar refractivity (Wildman–Crippen MR) is 65.4 cm³/mol. The third-order valence-corrected chi connectivity index (χ3v) is 2.84. The molecule has 0 fully saturated rings. The minimum atomic E-state index is 0.559. The van der Waals surface area contributed by atoms with Crippen molar-refractivity contribution >= 4 is 5.69 Å². The number of aryl methyl sites for hydroxylation is 1. The zero-order chi connectivity index (χ0) is 10.8. The van der Waals surface area contributed by atoms with Gasteiger partial charge < -0.3 is 10.6 Å². The maximum atomic E-state index is 3.57. The molecule has 1 aromatic carbocycles. The Balaban J connectivity index is 2.10. The van der Waals surface area contributed by atoms with Crippen molar-refractivity contribution in [3.05, 3.63) is 29.3 Å². The second-order valence-corrected chi connectivity index (χ2v) is 4.76. The van der Waals surface area contributed by atoms with Crippen LogP contribution in [0.3, 0.4) is 0 Å². The molecule has 2 nitrogen and oxygen atoms in total. The Kier molecular flexibility index (Phi) is 2.96. The standard InChI is InChI=1S/C13H20N2/c1-9(2)15-12-7-11-5-4-10(3)6-13(11)14-8-12/h4-6,9,12,14-15H,7-8H2,1-3H3. The van der Waals surface area contributed by atoms with E-state index in [9.17, 15) is 0 Å².